The third-order valence-corrected chi connectivity index (χ3v) is 3.66. The molecule has 1 aromatic carbocycles. The number of halogens is 3. The summed E-state index contributed by atoms with van der Waals surface area (Å²) in [4.78, 5) is 11.0. The average molecular weight is 357 g/mol. The zero-order chi connectivity index (χ0) is 14.8. The standard InChI is InChI=1S/C16H17FN4.2ClH/c1-2-8-21-9-7-14-13(10-21)15(20-16(18)19-14)11-3-5-12(17)6-4-11;;/h2-6H,1,7-10H2,(H2,18,19,20);2*1H. The van der Waals surface area contributed by atoms with Crippen LogP contribution in [0.4, 0.5) is 10.3 Å². The van der Waals surface area contributed by atoms with E-state index >= 15 is 0 Å². The lowest BCUT2D eigenvalue weighted by atomic mass is 9.99. The molecule has 0 saturated carbocycles. The fraction of sp³-hybridized carbons (Fsp3) is 0.250. The average Bonchev–Trinajstić information content (AvgIpc) is 2.48. The third-order valence-electron chi connectivity index (χ3n) is 3.66. The summed E-state index contributed by atoms with van der Waals surface area (Å²) in [7, 11) is 0. The summed E-state index contributed by atoms with van der Waals surface area (Å²) in [6.07, 6.45) is 2.73. The van der Waals surface area contributed by atoms with Crippen LogP contribution in [0.5, 0.6) is 0 Å². The molecule has 0 radical (unpaired) electrons. The topological polar surface area (TPSA) is 55.0 Å². The summed E-state index contributed by atoms with van der Waals surface area (Å²) >= 11 is 0. The zero-order valence-corrected chi connectivity index (χ0v) is 14.2. The minimum Gasteiger partial charge on any atom is -0.368 e. The van der Waals surface area contributed by atoms with E-state index in [1.165, 1.54) is 12.1 Å². The van der Waals surface area contributed by atoms with Crippen LogP contribution in [-0.2, 0) is 13.0 Å². The molecule has 0 unspecified atom stereocenters. The molecule has 1 aliphatic rings. The lowest BCUT2D eigenvalue weighted by molar-refractivity contribution is 0.279. The Morgan fingerprint density at radius 1 is 1.22 bits per heavy atom. The minimum atomic E-state index is -0.261. The fourth-order valence-electron chi connectivity index (χ4n) is 2.67. The molecule has 0 atom stereocenters. The van der Waals surface area contributed by atoms with Crippen molar-refractivity contribution >= 4 is 30.8 Å². The van der Waals surface area contributed by atoms with Gasteiger partial charge in [-0.1, -0.05) is 6.08 Å². The van der Waals surface area contributed by atoms with Crippen molar-refractivity contribution in [3.8, 4) is 11.3 Å². The van der Waals surface area contributed by atoms with E-state index in [2.05, 4.69) is 21.4 Å². The Hall–Kier alpha value is -1.69. The highest BCUT2D eigenvalue weighted by molar-refractivity contribution is 5.85. The molecule has 0 spiro atoms. The van der Waals surface area contributed by atoms with Gasteiger partial charge < -0.3 is 5.73 Å². The van der Waals surface area contributed by atoms with Gasteiger partial charge in [0.2, 0.25) is 5.95 Å². The third kappa shape index (κ3) is 4.19. The number of nitrogens with zero attached hydrogens (tertiary/aromatic N) is 3. The largest absolute Gasteiger partial charge is 0.368 e. The molecule has 1 aromatic heterocycles. The molecule has 0 fully saturated rings. The van der Waals surface area contributed by atoms with Gasteiger partial charge in [0.1, 0.15) is 5.82 Å². The molecule has 0 amide bonds. The Bertz CT molecular complexity index is 677. The van der Waals surface area contributed by atoms with Crippen molar-refractivity contribution in [1.82, 2.24) is 14.9 Å². The number of nitrogen functional groups attached to an aromatic ring is 1. The summed E-state index contributed by atoms with van der Waals surface area (Å²) in [6, 6.07) is 6.32. The van der Waals surface area contributed by atoms with E-state index in [0.29, 0.717) is 0 Å². The van der Waals surface area contributed by atoms with Crippen LogP contribution in [0, 0.1) is 5.82 Å². The van der Waals surface area contributed by atoms with Crippen molar-refractivity contribution in [1.29, 1.82) is 0 Å². The van der Waals surface area contributed by atoms with Crippen molar-refractivity contribution in [2.45, 2.75) is 13.0 Å². The summed E-state index contributed by atoms with van der Waals surface area (Å²) in [6.45, 7) is 6.29. The van der Waals surface area contributed by atoms with Gasteiger partial charge in [0.15, 0.2) is 0 Å². The van der Waals surface area contributed by atoms with E-state index in [-0.39, 0.29) is 36.6 Å². The summed E-state index contributed by atoms with van der Waals surface area (Å²) < 4.78 is 13.1. The predicted molar refractivity (Wildman–Crippen MR) is 95.5 cm³/mol. The SMILES string of the molecule is C=CCN1CCc2nc(N)nc(-c3ccc(F)cc3)c2C1.Cl.Cl. The quantitative estimate of drug-likeness (QED) is 0.857. The van der Waals surface area contributed by atoms with Crippen molar-refractivity contribution in [3.63, 3.8) is 0 Å². The van der Waals surface area contributed by atoms with E-state index in [1.54, 1.807) is 12.1 Å². The van der Waals surface area contributed by atoms with Gasteiger partial charge in [-0.15, -0.1) is 31.4 Å². The summed E-state index contributed by atoms with van der Waals surface area (Å²) in [5, 5.41) is 0. The normalized spacial score (nSPS) is 13.4. The molecule has 2 heterocycles. The molecule has 7 heteroatoms. The molecule has 0 bridgehead atoms. The molecule has 23 heavy (non-hydrogen) atoms. The maximum Gasteiger partial charge on any atom is 0.220 e. The van der Waals surface area contributed by atoms with Crippen LogP contribution in [0.3, 0.4) is 0 Å². The van der Waals surface area contributed by atoms with Gasteiger partial charge >= 0.3 is 0 Å². The van der Waals surface area contributed by atoms with Crippen LogP contribution in [0.15, 0.2) is 36.9 Å². The number of aromatic nitrogens is 2. The van der Waals surface area contributed by atoms with Gasteiger partial charge in [0.05, 0.1) is 11.4 Å². The number of fused-ring (bicyclic) bond motifs is 1. The van der Waals surface area contributed by atoms with E-state index < -0.39 is 0 Å². The monoisotopic (exact) mass is 356 g/mol. The molecule has 124 valence electrons. The highest BCUT2D eigenvalue weighted by Gasteiger charge is 2.22. The highest BCUT2D eigenvalue weighted by atomic mass is 35.5. The Morgan fingerprint density at radius 3 is 2.57 bits per heavy atom. The lowest BCUT2D eigenvalue weighted by Crippen LogP contribution is -2.32. The Labute approximate surface area is 147 Å². The van der Waals surface area contributed by atoms with Crippen molar-refractivity contribution < 1.29 is 4.39 Å². The number of nitrogens with two attached hydrogens (primary N) is 1. The lowest BCUT2D eigenvalue weighted by Gasteiger charge is -2.28. The van der Waals surface area contributed by atoms with Crippen LogP contribution >= 0.6 is 24.8 Å². The molecule has 0 saturated heterocycles. The molecule has 2 N–H and O–H groups in total. The Kier molecular flexibility index (Phi) is 6.94. The van der Waals surface area contributed by atoms with Crippen molar-refractivity contribution in [2.75, 3.05) is 18.8 Å². The second-order valence-corrected chi connectivity index (χ2v) is 5.14. The number of hydrogen-bond acceptors (Lipinski definition) is 4. The van der Waals surface area contributed by atoms with Crippen LogP contribution < -0.4 is 5.73 Å². The number of hydrogen-bond donors (Lipinski definition) is 1. The van der Waals surface area contributed by atoms with Gasteiger partial charge in [0, 0.05) is 37.2 Å². The predicted octanol–water partition coefficient (Wildman–Crippen LogP) is 3.25. The zero-order valence-electron chi connectivity index (χ0n) is 12.5. The van der Waals surface area contributed by atoms with Gasteiger partial charge in [-0.05, 0) is 24.3 Å². The second-order valence-electron chi connectivity index (χ2n) is 5.14. The minimum absolute atomic E-state index is 0. The van der Waals surface area contributed by atoms with Crippen LogP contribution in [0.1, 0.15) is 11.3 Å². The maximum absolute atomic E-state index is 13.1. The van der Waals surface area contributed by atoms with Crippen LogP contribution in [0.2, 0.25) is 0 Å². The first-order valence-electron chi connectivity index (χ1n) is 6.92. The highest BCUT2D eigenvalue weighted by Crippen LogP contribution is 2.28. The van der Waals surface area contributed by atoms with Gasteiger partial charge in [0.25, 0.3) is 0 Å². The first-order valence-corrected chi connectivity index (χ1v) is 6.92. The van der Waals surface area contributed by atoms with Crippen LogP contribution in [-0.4, -0.2) is 28.0 Å². The second kappa shape index (κ2) is 8.24. The van der Waals surface area contributed by atoms with Gasteiger partial charge in [-0.3, -0.25) is 4.90 Å². The fourth-order valence-corrected chi connectivity index (χ4v) is 2.67. The number of rotatable bonds is 3. The van der Waals surface area contributed by atoms with Crippen LogP contribution in [0.25, 0.3) is 11.3 Å². The van der Waals surface area contributed by atoms with Crippen molar-refractivity contribution in [2.24, 2.45) is 0 Å². The van der Waals surface area contributed by atoms with Gasteiger partial charge in [-0.2, -0.15) is 0 Å². The maximum atomic E-state index is 13.1. The molecule has 0 aliphatic carbocycles. The van der Waals surface area contributed by atoms with Crippen molar-refractivity contribution in [3.05, 3.63) is 54.0 Å². The Balaban J connectivity index is 0.00000132. The smallest absolute Gasteiger partial charge is 0.220 e. The molecule has 1 aliphatic heterocycles. The number of anilines is 1. The molecule has 2 aromatic rings. The van der Waals surface area contributed by atoms with E-state index in [1.807, 2.05) is 6.08 Å². The van der Waals surface area contributed by atoms with E-state index in [4.69, 9.17) is 5.73 Å². The Morgan fingerprint density at radius 2 is 1.91 bits per heavy atom. The first-order chi connectivity index (χ1) is 10.2. The van der Waals surface area contributed by atoms with E-state index in [0.717, 1.165) is 48.6 Å². The molecular formula is C16H19Cl2FN4. The van der Waals surface area contributed by atoms with Gasteiger partial charge in [-0.25, -0.2) is 14.4 Å². The van der Waals surface area contributed by atoms with E-state index in [9.17, 15) is 4.39 Å². The summed E-state index contributed by atoms with van der Waals surface area (Å²) in [5.74, 6) is 0.00757. The molecule has 3 rings (SSSR count). The first kappa shape index (κ1) is 19.4. The molecular weight excluding hydrogens is 338 g/mol. The molecule has 4 nitrogen and oxygen atoms in total. The summed E-state index contributed by atoms with van der Waals surface area (Å²) in [5.41, 5.74) is 9.54. The number of benzene rings is 1.